The summed E-state index contributed by atoms with van der Waals surface area (Å²) in [6.07, 6.45) is 0. The van der Waals surface area contributed by atoms with E-state index in [1.54, 1.807) is 24.3 Å². The first-order valence-corrected chi connectivity index (χ1v) is 7.29. The number of carbonyl (C=O) groups is 2. The number of methoxy groups -OCH3 is 1. The molecule has 23 heavy (non-hydrogen) atoms. The van der Waals surface area contributed by atoms with E-state index in [1.807, 2.05) is 6.92 Å². The number of ether oxygens (including phenoxy) is 2. The van der Waals surface area contributed by atoms with Gasteiger partial charge >= 0.3 is 0 Å². The Balaban J connectivity index is 2.25. The fourth-order valence-electron chi connectivity index (χ4n) is 2.79. The van der Waals surface area contributed by atoms with Gasteiger partial charge in [0.15, 0.2) is 23.1 Å². The van der Waals surface area contributed by atoms with E-state index in [4.69, 9.17) is 9.47 Å². The summed E-state index contributed by atoms with van der Waals surface area (Å²) in [5.41, 5.74) is 1.44. The van der Waals surface area contributed by atoms with E-state index in [2.05, 4.69) is 0 Å². The van der Waals surface area contributed by atoms with Crippen molar-refractivity contribution < 1.29 is 24.2 Å². The number of phenols is 1. The maximum Gasteiger partial charge on any atom is 0.198 e. The largest absolute Gasteiger partial charge is 0.504 e. The Kier molecular flexibility index (Phi) is 3.88. The van der Waals surface area contributed by atoms with Crippen molar-refractivity contribution >= 4 is 11.6 Å². The Morgan fingerprint density at radius 3 is 2.30 bits per heavy atom. The van der Waals surface area contributed by atoms with Gasteiger partial charge < -0.3 is 14.6 Å². The molecule has 3 rings (SSSR count). The summed E-state index contributed by atoms with van der Waals surface area (Å²) >= 11 is 0. The van der Waals surface area contributed by atoms with Crippen LogP contribution in [0.15, 0.2) is 30.3 Å². The molecule has 2 aromatic rings. The summed E-state index contributed by atoms with van der Waals surface area (Å²) in [4.78, 5) is 25.5. The van der Waals surface area contributed by atoms with Gasteiger partial charge in [0.1, 0.15) is 0 Å². The van der Waals surface area contributed by atoms with Crippen LogP contribution in [0, 0.1) is 0 Å². The van der Waals surface area contributed by atoms with E-state index in [-0.39, 0.29) is 40.8 Å². The molecular weight excluding hydrogens is 296 g/mol. The van der Waals surface area contributed by atoms with Crippen LogP contribution in [0.1, 0.15) is 44.3 Å². The number of phenolic OH excluding ortho intramolecular Hbond substituents is 1. The van der Waals surface area contributed by atoms with Gasteiger partial charge in [0.2, 0.25) is 0 Å². The highest BCUT2D eigenvalue weighted by atomic mass is 16.5. The first-order chi connectivity index (χ1) is 11.1. The Morgan fingerprint density at radius 1 is 1.04 bits per heavy atom. The van der Waals surface area contributed by atoms with E-state index >= 15 is 0 Å². The van der Waals surface area contributed by atoms with E-state index in [9.17, 15) is 14.7 Å². The molecule has 0 aromatic heterocycles. The van der Waals surface area contributed by atoms with Crippen molar-refractivity contribution in [2.24, 2.45) is 0 Å². The lowest BCUT2D eigenvalue weighted by atomic mass is 9.82. The van der Waals surface area contributed by atoms with Gasteiger partial charge in [0, 0.05) is 28.9 Å². The zero-order valence-corrected chi connectivity index (χ0v) is 12.9. The molecule has 0 aliphatic heterocycles. The van der Waals surface area contributed by atoms with Gasteiger partial charge in [-0.1, -0.05) is 24.3 Å². The third kappa shape index (κ3) is 2.29. The van der Waals surface area contributed by atoms with Crippen LogP contribution in [0.3, 0.4) is 0 Å². The molecule has 0 unspecified atom stereocenters. The number of hydrogen-bond acceptors (Lipinski definition) is 5. The third-order valence-electron chi connectivity index (χ3n) is 3.89. The fraction of sp³-hybridized carbons (Fsp3) is 0.222. The monoisotopic (exact) mass is 312 g/mol. The van der Waals surface area contributed by atoms with Gasteiger partial charge in [0.05, 0.1) is 19.3 Å². The van der Waals surface area contributed by atoms with Crippen molar-refractivity contribution in [2.45, 2.75) is 13.5 Å². The second-order valence-corrected chi connectivity index (χ2v) is 5.18. The Labute approximate surface area is 133 Å². The summed E-state index contributed by atoms with van der Waals surface area (Å²) in [6, 6.07) is 8.15. The van der Waals surface area contributed by atoms with Gasteiger partial charge in [0.25, 0.3) is 0 Å². The summed E-state index contributed by atoms with van der Waals surface area (Å²) < 4.78 is 10.5. The van der Waals surface area contributed by atoms with Gasteiger partial charge in [-0.05, 0) is 13.0 Å². The standard InChI is InChI=1S/C18H16O5/c1-3-23-9-10-8-13-14(18(22-2)15(10)19)17(21)12-7-5-4-6-11(12)16(13)20/h4-8,19H,3,9H2,1-2H3. The van der Waals surface area contributed by atoms with Crippen LogP contribution in [0.2, 0.25) is 0 Å². The van der Waals surface area contributed by atoms with Crippen LogP contribution in [-0.4, -0.2) is 30.4 Å². The topological polar surface area (TPSA) is 72.8 Å². The molecule has 0 atom stereocenters. The smallest absolute Gasteiger partial charge is 0.198 e. The molecular formula is C18H16O5. The minimum absolute atomic E-state index is 0.0186. The number of ketones is 2. The molecule has 0 saturated carbocycles. The molecule has 0 heterocycles. The molecule has 1 N–H and O–H groups in total. The van der Waals surface area contributed by atoms with Gasteiger partial charge in [-0.3, -0.25) is 9.59 Å². The quantitative estimate of drug-likeness (QED) is 0.802. The lowest BCUT2D eigenvalue weighted by molar-refractivity contribution is 0.0974. The second-order valence-electron chi connectivity index (χ2n) is 5.18. The second kappa shape index (κ2) is 5.85. The molecule has 0 bridgehead atoms. The molecule has 0 spiro atoms. The van der Waals surface area contributed by atoms with Crippen molar-refractivity contribution in [1.29, 1.82) is 0 Å². The van der Waals surface area contributed by atoms with Crippen LogP contribution >= 0.6 is 0 Å². The van der Waals surface area contributed by atoms with Crippen molar-refractivity contribution in [3.8, 4) is 11.5 Å². The van der Waals surface area contributed by atoms with Crippen molar-refractivity contribution in [1.82, 2.24) is 0 Å². The zero-order chi connectivity index (χ0) is 16.6. The molecule has 0 radical (unpaired) electrons. The van der Waals surface area contributed by atoms with Crippen LogP contribution in [0.25, 0.3) is 0 Å². The Morgan fingerprint density at radius 2 is 1.70 bits per heavy atom. The van der Waals surface area contributed by atoms with Crippen molar-refractivity contribution in [3.63, 3.8) is 0 Å². The fourth-order valence-corrected chi connectivity index (χ4v) is 2.79. The first kappa shape index (κ1) is 15.2. The number of carbonyl (C=O) groups excluding carboxylic acids is 2. The van der Waals surface area contributed by atoms with E-state index in [0.29, 0.717) is 23.3 Å². The predicted molar refractivity (Wildman–Crippen MR) is 83.3 cm³/mol. The summed E-state index contributed by atoms with van der Waals surface area (Å²) in [6.45, 7) is 2.43. The van der Waals surface area contributed by atoms with Crippen LogP contribution in [0.4, 0.5) is 0 Å². The van der Waals surface area contributed by atoms with Gasteiger partial charge in [-0.15, -0.1) is 0 Å². The molecule has 5 nitrogen and oxygen atoms in total. The number of aromatic hydroxyl groups is 1. The third-order valence-corrected chi connectivity index (χ3v) is 3.89. The first-order valence-electron chi connectivity index (χ1n) is 7.29. The summed E-state index contributed by atoms with van der Waals surface area (Å²) in [5.74, 6) is -0.734. The molecule has 0 saturated heterocycles. The van der Waals surface area contributed by atoms with Crippen LogP contribution in [-0.2, 0) is 11.3 Å². The van der Waals surface area contributed by atoms with Crippen LogP contribution in [0.5, 0.6) is 11.5 Å². The Hall–Kier alpha value is -2.66. The molecule has 0 amide bonds. The van der Waals surface area contributed by atoms with Crippen LogP contribution < -0.4 is 4.74 Å². The average Bonchev–Trinajstić information content (AvgIpc) is 2.58. The maximum atomic E-state index is 12.7. The highest BCUT2D eigenvalue weighted by Gasteiger charge is 2.34. The van der Waals surface area contributed by atoms with E-state index in [0.717, 1.165) is 0 Å². The minimum atomic E-state index is -0.328. The van der Waals surface area contributed by atoms with E-state index in [1.165, 1.54) is 13.2 Å². The molecule has 0 fully saturated rings. The predicted octanol–water partition coefficient (Wildman–Crippen LogP) is 2.71. The SMILES string of the molecule is CCOCc1cc2c(c(OC)c1O)C(=O)c1ccccc1C2=O. The van der Waals surface area contributed by atoms with Gasteiger partial charge in [-0.2, -0.15) is 0 Å². The Bertz CT molecular complexity index is 807. The van der Waals surface area contributed by atoms with Crippen molar-refractivity contribution in [2.75, 3.05) is 13.7 Å². The summed E-state index contributed by atoms with van der Waals surface area (Å²) in [5, 5.41) is 10.4. The highest BCUT2D eigenvalue weighted by Crippen LogP contribution is 2.41. The lowest BCUT2D eigenvalue weighted by Crippen LogP contribution is -2.22. The molecule has 1 aliphatic carbocycles. The minimum Gasteiger partial charge on any atom is -0.504 e. The molecule has 118 valence electrons. The van der Waals surface area contributed by atoms with Gasteiger partial charge in [-0.25, -0.2) is 0 Å². The lowest BCUT2D eigenvalue weighted by Gasteiger charge is -2.21. The number of hydrogen-bond donors (Lipinski definition) is 1. The number of benzene rings is 2. The zero-order valence-electron chi connectivity index (χ0n) is 12.9. The summed E-state index contributed by atoms with van der Waals surface area (Å²) in [7, 11) is 1.36. The number of rotatable bonds is 4. The molecule has 2 aromatic carbocycles. The average molecular weight is 312 g/mol. The normalized spacial score (nSPS) is 12.8. The highest BCUT2D eigenvalue weighted by molar-refractivity contribution is 6.29. The van der Waals surface area contributed by atoms with Crippen molar-refractivity contribution in [3.05, 3.63) is 58.1 Å². The number of fused-ring (bicyclic) bond motifs is 2. The maximum absolute atomic E-state index is 12.7. The van der Waals surface area contributed by atoms with E-state index < -0.39 is 0 Å². The molecule has 1 aliphatic rings. The molecule has 5 heteroatoms.